The van der Waals surface area contributed by atoms with E-state index in [1.165, 1.54) is 38.5 Å². The summed E-state index contributed by atoms with van der Waals surface area (Å²) in [6, 6.07) is 0. The van der Waals surface area contributed by atoms with Crippen molar-refractivity contribution in [2.45, 2.75) is 57.7 Å². The van der Waals surface area contributed by atoms with Crippen LogP contribution in [0.1, 0.15) is 45.4 Å². The minimum absolute atomic E-state index is 0.686. The number of hydrogen-bond donors (Lipinski definition) is 0. The highest BCUT2D eigenvalue weighted by atomic mass is 16.6. The number of fused-ring (bicyclic) bond motifs is 1. The molecule has 3 atom stereocenters. The van der Waals surface area contributed by atoms with E-state index in [9.17, 15) is 0 Å². The molecule has 0 bridgehead atoms. The number of ether oxygens (including phenoxy) is 1. The quantitative estimate of drug-likeness (QED) is 0.569. The first-order valence-electron chi connectivity index (χ1n) is 5.07. The highest BCUT2D eigenvalue weighted by Gasteiger charge is 2.46. The third-order valence-corrected chi connectivity index (χ3v) is 3.08. The zero-order valence-corrected chi connectivity index (χ0v) is 7.38. The Kier molecular flexibility index (Phi) is 2.17. The van der Waals surface area contributed by atoms with Gasteiger partial charge in [0.15, 0.2) is 0 Å². The van der Waals surface area contributed by atoms with E-state index in [-0.39, 0.29) is 0 Å². The molecule has 1 unspecified atom stereocenters. The Morgan fingerprint density at radius 1 is 1.36 bits per heavy atom. The lowest BCUT2D eigenvalue weighted by Crippen LogP contribution is -2.15. The summed E-state index contributed by atoms with van der Waals surface area (Å²) in [5.41, 5.74) is 0. The maximum atomic E-state index is 5.59. The summed E-state index contributed by atoms with van der Waals surface area (Å²) in [5, 5.41) is 0. The molecule has 0 aromatic carbocycles. The van der Waals surface area contributed by atoms with Crippen LogP contribution >= 0.6 is 0 Å². The van der Waals surface area contributed by atoms with Crippen LogP contribution in [0.25, 0.3) is 0 Å². The molecule has 0 aromatic rings. The second kappa shape index (κ2) is 3.14. The molecule has 0 amide bonds. The maximum Gasteiger partial charge on any atom is 0.0869 e. The van der Waals surface area contributed by atoms with Crippen LogP contribution in [0.2, 0.25) is 0 Å². The van der Waals surface area contributed by atoms with Crippen LogP contribution in [0, 0.1) is 5.92 Å². The van der Waals surface area contributed by atoms with Crippen molar-refractivity contribution in [3.63, 3.8) is 0 Å². The highest BCUT2D eigenvalue weighted by Crippen LogP contribution is 2.42. The fourth-order valence-electron chi connectivity index (χ4n) is 2.32. The van der Waals surface area contributed by atoms with Crippen LogP contribution in [0.5, 0.6) is 0 Å². The van der Waals surface area contributed by atoms with Gasteiger partial charge in [0.05, 0.1) is 12.2 Å². The Labute approximate surface area is 69.1 Å². The Morgan fingerprint density at radius 2 is 2.27 bits per heavy atom. The standard InChI is InChI=1S/C10H18O/c1-2-3-5-8-6-4-7-9-10(8)11-9/h8-10H,2-7H2,1H3/t8?,9-,10-/m0/s1. The molecule has 1 aliphatic carbocycles. The lowest BCUT2D eigenvalue weighted by molar-refractivity contribution is 0.304. The van der Waals surface area contributed by atoms with Gasteiger partial charge in [-0.3, -0.25) is 0 Å². The predicted octanol–water partition coefficient (Wildman–Crippen LogP) is 2.74. The Hall–Kier alpha value is -0.0400. The number of rotatable bonds is 3. The predicted molar refractivity (Wildman–Crippen MR) is 45.5 cm³/mol. The lowest BCUT2D eigenvalue weighted by Gasteiger charge is -2.17. The van der Waals surface area contributed by atoms with Crippen molar-refractivity contribution in [3.05, 3.63) is 0 Å². The van der Waals surface area contributed by atoms with E-state index in [2.05, 4.69) is 6.92 Å². The minimum Gasteiger partial charge on any atom is -0.369 e. The molecule has 1 aliphatic heterocycles. The second-order valence-corrected chi connectivity index (χ2v) is 3.97. The molecule has 2 rings (SSSR count). The van der Waals surface area contributed by atoms with E-state index >= 15 is 0 Å². The molecule has 1 saturated heterocycles. The molecule has 0 radical (unpaired) electrons. The van der Waals surface area contributed by atoms with Gasteiger partial charge in [0, 0.05) is 0 Å². The largest absolute Gasteiger partial charge is 0.369 e. The molecular weight excluding hydrogens is 136 g/mol. The number of hydrogen-bond acceptors (Lipinski definition) is 1. The van der Waals surface area contributed by atoms with E-state index in [0.29, 0.717) is 12.2 Å². The zero-order chi connectivity index (χ0) is 7.68. The van der Waals surface area contributed by atoms with E-state index < -0.39 is 0 Å². The van der Waals surface area contributed by atoms with Crippen LogP contribution in [0.15, 0.2) is 0 Å². The van der Waals surface area contributed by atoms with Gasteiger partial charge in [0.25, 0.3) is 0 Å². The normalized spacial score (nSPS) is 41.7. The minimum atomic E-state index is 0.686. The average Bonchev–Trinajstić information content (AvgIpc) is 2.79. The SMILES string of the molecule is CCCCC1CCC[C@@H]2O[C@@H]12. The third-order valence-electron chi connectivity index (χ3n) is 3.08. The monoisotopic (exact) mass is 154 g/mol. The van der Waals surface area contributed by atoms with Crippen molar-refractivity contribution in [3.8, 4) is 0 Å². The van der Waals surface area contributed by atoms with Gasteiger partial charge in [0.1, 0.15) is 0 Å². The zero-order valence-electron chi connectivity index (χ0n) is 7.38. The molecule has 2 aliphatic rings. The van der Waals surface area contributed by atoms with Gasteiger partial charge in [-0.1, -0.05) is 26.2 Å². The number of epoxide rings is 1. The molecule has 1 heterocycles. The van der Waals surface area contributed by atoms with E-state index in [1.807, 2.05) is 0 Å². The van der Waals surface area contributed by atoms with E-state index in [4.69, 9.17) is 4.74 Å². The van der Waals surface area contributed by atoms with E-state index in [1.54, 1.807) is 0 Å². The first-order chi connectivity index (χ1) is 5.42. The first-order valence-corrected chi connectivity index (χ1v) is 5.07. The van der Waals surface area contributed by atoms with Gasteiger partial charge >= 0.3 is 0 Å². The molecule has 64 valence electrons. The molecule has 1 saturated carbocycles. The lowest BCUT2D eigenvalue weighted by atomic mass is 9.86. The smallest absolute Gasteiger partial charge is 0.0869 e. The summed E-state index contributed by atoms with van der Waals surface area (Å²) in [6.45, 7) is 2.27. The van der Waals surface area contributed by atoms with Crippen LogP contribution in [0.3, 0.4) is 0 Å². The van der Waals surface area contributed by atoms with Crippen molar-refractivity contribution in [2.24, 2.45) is 5.92 Å². The Morgan fingerprint density at radius 3 is 3.09 bits per heavy atom. The topological polar surface area (TPSA) is 12.5 Å². The Bertz CT molecular complexity index is 133. The summed E-state index contributed by atoms with van der Waals surface area (Å²) in [5.74, 6) is 0.925. The first kappa shape index (κ1) is 7.60. The molecule has 11 heavy (non-hydrogen) atoms. The average molecular weight is 154 g/mol. The fraction of sp³-hybridized carbons (Fsp3) is 1.00. The Balaban J connectivity index is 1.75. The van der Waals surface area contributed by atoms with Gasteiger partial charge in [-0.15, -0.1) is 0 Å². The van der Waals surface area contributed by atoms with Crippen molar-refractivity contribution in [2.75, 3.05) is 0 Å². The molecule has 0 N–H and O–H groups in total. The van der Waals surface area contributed by atoms with Gasteiger partial charge in [-0.05, 0) is 25.2 Å². The molecule has 0 aromatic heterocycles. The van der Waals surface area contributed by atoms with Crippen molar-refractivity contribution in [1.82, 2.24) is 0 Å². The number of unbranched alkanes of at least 4 members (excludes halogenated alkanes) is 1. The van der Waals surface area contributed by atoms with Crippen LogP contribution < -0.4 is 0 Å². The second-order valence-electron chi connectivity index (χ2n) is 3.97. The summed E-state index contributed by atoms with van der Waals surface area (Å²) in [6.07, 6.45) is 9.72. The van der Waals surface area contributed by atoms with Gasteiger partial charge < -0.3 is 4.74 Å². The van der Waals surface area contributed by atoms with Crippen molar-refractivity contribution in [1.29, 1.82) is 0 Å². The highest BCUT2D eigenvalue weighted by molar-refractivity contribution is 4.94. The fourth-order valence-corrected chi connectivity index (χ4v) is 2.32. The third kappa shape index (κ3) is 1.58. The van der Waals surface area contributed by atoms with Crippen molar-refractivity contribution < 1.29 is 4.74 Å². The molecular formula is C10H18O. The summed E-state index contributed by atoms with van der Waals surface area (Å²) in [4.78, 5) is 0. The molecule has 1 nitrogen and oxygen atoms in total. The summed E-state index contributed by atoms with van der Waals surface area (Å²) in [7, 11) is 0. The summed E-state index contributed by atoms with van der Waals surface area (Å²) < 4.78 is 5.59. The van der Waals surface area contributed by atoms with Crippen LogP contribution in [0.4, 0.5) is 0 Å². The van der Waals surface area contributed by atoms with Crippen LogP contribution in [-0.2, 0) is 4.74 Å². The van der Waals surface area contributed by atoms with Crippen LogP contribution in [-0.4, -0.2) is 12.2 Å². The molecule has 2 fully saturated rings. The summed E-state index contributed by atoms with van der Waals surface area (Å²) >= 11 is 0. The van der Waals surface area contributed by atoms with Crippen molar-refractivity contribution >= 4 is 0 Å². The van der Waals surface area contributed by atoms with Gasteiger partial charge in [0.2, 0.25) is 0 Å². The van der Waals surface area contributed by atoms with E-state index in [0.717, 1.165) is 5.92 Å². The maximum absolute atomic E-state index is 5.59. The van der Waals surface area contributed by atoms with Gasteiger partial charge in [-0.25, -0.2) is 0 Å². The molecule has 1 heteroatoms. The van der Waals surface area contributed by atoms with Gasteiger partial charge in [-0.2, -0.15) is 0 Å². The molecule has 0 spiro atoms.